The summed E-state index contributed by atoms with van der Waals surface area (Å²) in [5.74, 6) is 2.02. The second-order valence-corrected chi connectivity index (χ2v) is 7.90. The number of methoxy groups -OCH3 is 1. The molecule has 1 amide bonds. The summed E-state index contributed by atoms with van der Waals surface area (Å²) in [4.78, 5) is 12.5. The van der Waals surface area contributed by atoms with Crippen molar-refractivity contribution < 1.29 is 9.53 Å². The molecule has 1 saturated heterocycles. The summed E-state index contributed by atoms with van der Waals surface area (Å²) >= 11 is 0. The third kappa shape index (κ3) is 5.14. The zero-order valence-corrected chi connectivity index (χ0v) is 17.2. The Labute approximate surface area is 168 Å². The maximum atomic E-state index is 12.5. The Morgan fingerprint density at radius 3 is 2.61 bits per heavy atom. The molecule has 1 fully saturated rings. The Hall–Kier alpha value is -2.33. The molecule has 4 nitrogen and oxygen atoms in total. The topological polar surface area (TPSA) is 50.4 Å². The summed E-state index contributed by atoms with van der Waals surface area (Å²) in [5, 5.41) is 6.61. The Kier molecular flexibility index (Phi) is 7.10. The lowest BCUT2D eigenvalue weighted by molar-refractivity contribution is -0.123. The van der Waals surface area contributed by atoms with Gasteiger partial charge in [0.25, 0.3) is 0 Å². The van der Waals surface area contributed by atoms with E-state index in [0.29, 0.717) is 18.3 Å². The second-order valence-electron chi connectivity index (χ2n) is 7.90. The Balaban J connectivity index is 1.58. The molecule has 3 rings (SSSR count). The van der Waals surface area contributed by atoms with Crippen LogP contribution in [0.5, 0.6) is 5.75 Å². The van der Waals surface area contributed by atoms with E-state index in [0.717, 1.165) is 35.5 Å². The van der Waals surface area contributed by atoms with Gasteiger partial charge < -0.3 is 15.4 Å². The molecule has 3 atom stereocenters. The van der Waals surface area contributed by atoms with Gasteiger partial charge in [-0.3, -0.25) is 4.79 Å². The van der Waals surface area contributed by atoms with Gasteiger partial charge in [0.1, 0.15) is 5.75 Å². The van der Waals surface area contributed by atoms with Crippen LogP contribution in [-0.2, 0) is 4.79 Å². The van der Waals surface area contributed by atoms with Crippen molar-refractivity contribution in [3.63, 3.8) is 0 Å². The minimum Gasteiger partial charge on any atom is -0.496 e. The molecule has 1 aliphatic heterocycles. The predicted octanol–water partition coefficient (Wildman–Crippen LogP) is 4.57. The first-order chi connectivity index (χ1) is 13.6. The monoisotopic (exact) mass is 380 g/mol. The molecule has 0 saturated carbocycles. The third-order valence-electron chi connectivity index (χ3n) is 5.85. The molecule has 3 unspecified atom stereocenters. The quantitative estimate of drug-likeness (QED) is 0.740. The van der Waals surface area contributed by atoms with Gasteiger partial charge in [0.05, 0.1) is 13.2 Å². The lowest BCUT2D eigenvalue weighted by Gasteiger charge is -2.28. The highest BCUT2D eigenvalue weighted by molar-refractivity contribution is 5.77. The number of carbonyl (C=O) groups excluding carboxylic acids is 1. The van der Waals surface area contributed by atoms with E-state index in [2.05, 4.69) is 47.9 Å². The molecule has 4 heteroatoms. The first kappa shape index (κ1) is 20.4. The van der Waals surface area contributed by atoms with Crippen LogP contribution in [0.2, 0.25) is 0 Å². The van der Waals surface area contributed by atoms with Gasteiger partial charge in [-0.15, -0.1) is 0 Å². The van der Waals surface area contributed by atoms with E-state index >= 15 is 0 Å². The second kappa shape index (κ2) is 9.74. The van der Waals surface area contributed by atoms with E-state index in [1.807, 2.05) is 25.1 Å². The maximum absolute atomic E-state index is 12.5. The third-order valence-corrected chi connectivity index (χ3v) is 5.85. The molecule has 2 N–H and O–H groups in total. The average Bonchev–Trinajstić information content (AvgIpc) is 2.74. The number of para-hydroxylation sites is 1. The van der Waals surface area contributed by atoms with Crippen LogP contribution in [0, 0.1) is 11.8 Å². The molecule has 0 bridgehead atoms. The Morgan fingerprint density at radius 1 is 1.18 bits per heavy atom. The van der Waals surface area contributed by atoms with Gasteiger partial charge in [0, 0.05) is 12.0 Å². The van der Waals surface area contributed by atoms with E-state index in [1.54, 1.807) is 7.11 Å². The molecule has 1 heterocycles. The van der Waals surface area contributed by atoms with Crippen LogP contribution in [0.3, 0.4) is 0 Å². The molecular weight excluding hydrogens is 348 g/mol. The highest BCUT2D eigenvalue weighted by atomic mass is 16.5. The fraction of sp³-hybridized carbons (Fsp3) is 0.458. The zero-order valence-electron chi connectivity index (χ0n) is 17.2. The molecule has 28 heavy (non-hydrogen) atoms. The van der Waals surface area contributed by atoms with Crippen molar-refractivity contribution in [2.45, 2.75) is 39.2 Å². The largest absolute Gasteiger partial charge is 0.496 e. The molecule has 0 radical (unpaired) electrons. The summed E-state index contributed by atoms with van der Waals surface area (Å²) in [6.07, 6.45) is 3.03. The minimum absolute atomic E-state index is 0.00380. The van der Waals surface area contributed by atoms with Crippen LogP contribution in [0.4, 0.5) is 0 Å². The van der Waals surface area contributed by atoms with Crippen molar-refractivity contribution in [1.82, 2.24) is 10.6 Å². The number of hydrogen-bond donors (Lipinski definition) is 2. The van der Waals surface area contributed by atoms with Crippen LogP contribution in [0.15, 0.2) is 48.5 Å². The molecule has 2 aromatic carbocycles. The van der Waals surface area contributed by atoms with Gasteiger partial charge in [-0.25, -0.2) is 0 Å². The fourth-order valence-electron chi connectivity index (χ4n) is 4.04. The van der Waals surface area contributed by atoms with Crippen molar-refractivity contribution in [2.24, 2.45) is 11.8 Å². The summed E-state index contributed by atoms with van der Waals surface area (Å²) in [5.41, 5.74) is 3.29. The number of amides is 1. The first-order valence-corrected chi connectivity index (χ1v) is 10.3. The van der Waals surface area contributed by atoms with E-state index < -0.39 is 0 Å². The summed E-state index contributed by atoms with van der Waals surface area (Å²) in [6.45, 7) is 6.39. The normalized spacial score (nSPS) is 18.9. The maximum Gasteiger partial charge on any atom is 0.220 e. The van der Waals surface area contributed by atoms with Gasteiger partial charge in [-0.05, 0) is 61.9 Å². The average molecular weight is 381 g/mol. The first-order valence-electron chi connectivity index (χ1n) is 10.3. The molecule has 2 aromatic rings. The van der Waals surface area contributed by atoms with Crippen molar-refractivity contribution >= 4 is 5.91 Å². The number of piperidine rings is 1. The van der Waals surface area contributed by atoms with Crippen LogP contribution in [0.25, 0.3) is 11.1 Å². The predicted molar refractivity (Wildman–Crippen MR) is 114 cm³/mol. The van der Waals surface area contributed by atoms with Crippen LogP contribution < -0.4 is 15.4 Å². The van der Waals surface area contributed by atoms with Crippen LogP contribution >= 0.6 is 0 Å². The number of rotatable bonds is 7. The number of benzene rings is 2. The fourth-order valence-corrected chi connectivity index (χ4v) is 4.04. The van der Waals surface area contributed by atoms with Crippen molar-refractivity contribution in [1.29, 1.82) is 0 Å². The minimum atomic E-state index is -0.00380. The van der Waals surface area contributed by atoms with Gasteiger partial charge in [-0.2, -0.15) is 0 Å². The number of nitrogens with one attached hydrogen (secondary N) is 2. The van der Waals surface area contributed by atoms with Crippen LogP contribution in [-0.4, -0.2) is 26.1 Å². The molecule has 0 aromatic heterocycles. The molecule has 0 spiro atoms. The van der Waals surface area contributed by atoms with E-state index in [1.165, 1.54) is 12.8 Å². The number of carbonyl (C=O) groups is 1. The lowest BCUT2D eigenvalue weighted by Crippen LogP contribution is -2.36. The highest BCUT2D eigenvalue weighted by Crippen LogP contribution is 2.30. The van der Waals surface area contributed by atoms with Crippen molar-refractivity contribution in [2.75, 3.05) is 20.2 Å². The highest BCUT2D eigenvalue weighted by Gasteiger charge is 2.22. The van der Waals surface area contributed by atoms with Gasteiger partial charge in [0.15, 0.2) is 0 Å². The summed E-state index contributed by atoms with van der Waals surface area (Å²) in [7, 11) is 1.69. The Bertz CT molecular complexity index is 766. The van der Waals surface area contributed by atoms with Crippen LogP contribution in [0.1, 0.15) is 44.7 Å². The summed E-state index contributed by atoms with van der Waals surface area (Å²) in [6, 6.07) is 16.4. The van der Waals surface area contributed by atoms with Gasteiger partial charge >= 0.3 is 0 Å². The molecule has 0 aliphatic carbocycles. The van der Waals surface area contributed by atoms with Gasteiger partial charge in [-0.1, -0.05) is 49.4 Å². The summed E-state index contributed by atoms with van der Waals surface area (Å²) < 4.78 is 5.46. The number of hydrogen-bond acceptors (Lipinski definition) is 3. The standard InChI is InChI=1S/C24H32N2O2/c1-17(21-7-6-14-25-16-21)15-24(27)26-18(2)19-10-12-20(13-11-19)22-8-4-5-9-23(22)28-3/h4-5,8-13,17-18,21,25H,6-7,14-16H2,1-3H3,(H,26,27). The molecule has 150 valence electrons. The van der Waals surface area contributed by atoms with Crippen molar-refractivity contribution in [3.05, 3.63) is 54.1 Å². The smallest absolute Gasteiger partial charge is 0.220 e. The zero-order chi connectivity index (χ0) is 19.9. The van der Waals surface area contributed by atoms with Crippen molar-refractivity contribution in [3.8, 4) is 16.9 Å². The van der Waals surface area contributed by atoms with E-state index in [-0.39, 0.29) is 11.9 Å². The lowest BCUT2D eigenvalue weighted by atomic mass is 9.85. The van der Waals surface area contributed by atoms with E-state index in [9.17, 15) is 4.79 Å². The van der Waals surface area contributed by atoms with Gasteiger partial charge in [0.2, 0.25) is 5.91 Å². The molecule has 1 aliphatic rings. The number of ether oxygens (including phenoxy) is 1. The molecular formula is C24H32N2O2. The van der Waals surface area contributed by atoms with E-state index in [4.69, 9.17) is 4.74 Å². The Morgan fingerprint density at radius 2 is 1.93 bits per heavy atom. The SMILES string of the molecule is COc1ccccc1-c1ccc(C(C)NC(=O)CC(C)C2CCCNC2)cc1.